The number of hydrogen-bond donors (Lipinski definition) is 1. The van der Waals surface area contributed by atoms with Gasteiger partial charge in [-0.15, -0.1) is 0 Å². The first-order valence-corrected chi connectivity index (χ1v) is 6.10. The molecule has 0 saturated carbocycles. The second kappa shape index (κ2) is 3.32. The van der Waals surface area contributed by atoms with Gasteiger partial charge in [0, 0.05) is 12.4 Å². The lowest BCUT2D eigenvalue weighted by Crippen LogP contribution is -2.14. The van der Waals surface area contributed by atoms with E-state index in [9.17, 15) is 8.42 Å². The van der Waals surface area contributed by atoms with Gasteiger partial charge < -0.3 is 4.40 Å². The summed E-state index contributed by atoms with van der Waals surface area (Å²) >= 11 is 0. The van der Waals surface area contributed by atoms with E-state index in [1.165, 1.54) is 0 Å². The molecule has 2 heterocycles. The zero-order chi connectivity index (χ0) is 11.1. The summed E-state index contributed by atoms with van der Waals surface area (Å²) in [6, 6.07) is 3.75. The van der Waals surface area contributed by atoms with Gasteiger partial charge in [-0.1, -0.05) is 6.07 Å². The second-order valence-corrected chi connectivity index (χ2v) is 5.13. The summed E-state index contributed by atoms with van der Waals surface area (Å²) in [4.78, 5) is 4.14. The van der Waals surface area contributed by atoms with E-state index in [-0.39, 0.29) is 5.75 Å². The van der Waals surface area contributed by atoms with Crippen LogP contribution >= 0.6 is 0 Å². The number of rotatable bonds is 2. The molecule has 0 radical (unpaired) electrons. The normalized spacial score (nSPS) is 12.1. The SMILES string of the molecule is Cc1ccc2nc(CS(N)(=O)=O)cn2c1. The van der Waals surface area contributed by atoms with Crippen molar-refractivity contribution in [2.45, 2.75) is 12.7 Å². The Kier molecular flexibility index (Phi) is 2.24. The summed E-state index contributed by atoms with van der Waals surface area (Å²) in [6.45, 7) is 1.96. The van der Waals surface area contributed by atoms with E-state index >= 15 is 0 Å². The molecule has 5 nitrogen and oxygen atoms in total. The number of pyridine rings is 1. The summed E-state index contributed by atoms with van der Waals surface area (Å²) in [7, 11) is -3.51. The Morgan fingerprint density at radius 1 is 1.40 bits per heavy atom. The number of fused-ring (bicyclic) bond motifs is 1. The van der Waals surface area contributed by atoms with Crippen molar-refractivity contribution in [3.63, 3.8) is 0 Å². The van der Waals surface area contributed by atoms with Gasteiger partial charge >= 0.3 is 0 Å². The van der Waals surface area contributed by atoms with E-state index in [0.29, 0.717) is 5.69 Å². The van der Waals surface area contributed by atoms with E-state index in [1.807, 2.05) is 25.3 Å². The minimum absolute atomic E-state index is 0.228. The molecule has 6 heteroatoms. The highest BCUT2D eigenvalue weighted by atomic mass is 32.2. The Bertz CT molecular complexity index is 601. The molecule has 2 N–H and O–H groups in total. The van der Waals surface area contributed by atoms with Crippen LogP contribution in [0, 0.1) is 6.92 Å². The first kappa shape index (κ1) is 10.1. The van der Waals surface area contributed by atoms with Gasteiger partial charge in [0.1, 0.15) is 11.4 Å². The Labute approximate surface area is 87.6 Å². The zero-order valence-electron chi connectivity index (χ0n) is 8.21. The maximum Gasteiger partial charge on any atom is 0.214 e. The molecule has 0 spiro atoms. The van der Waals surface area contributed by atoms with E-state index < -0.39 is 10.0 Å². The third-order valence-electron chi connectivity index (χ3n) is 2.00. The average molecular weight is 225 g/mol. The zero-order valence-corrected chi connectivity index (χ0v) is 9.03. The smallest absolute Gasteiger partial charge is 0.214 e. The number of nitrogens with two attached hydrogens (primary N) is 1. The van der Waals surface area contributed by atoms with E-state index in [4.69, 9.17) is 5.14 Å². The van der Waals surface area contributed by atoms with Crippen LogP contribution < -0.4 is 5.14 Å². The summed E-state index contributed by atoms with van der Waals surface area (Å²) in [6.07, 6.45) is 3.56. The van der Waals surface area contributed by atoms with Crippen LogP contribution in [0.5, 0.6) is 0 Å². The summed E-state index contributed by atoms with van der Waals surface area (Å²) in [5.41, 5.74) is 2.27. The molecule has 0 aliphatic rings. The van der Waals surface area contributed by atoms with Crippen molar-refractivity contribution in [2.75, 3.05) is 0 Å². The van der Waals surface area contributed by atoms with Crippen molar-refractivity contribution in [3.05, 3.63) is 35.8 Å². The first-order chi connectivity index (χ1) is 6.94. The van der Waals surface area contributed by atoms with Gasteiger partial charge in [-0.25, -0.2) is 18.5 Å². The second-order valence-electron chi connectivity index (χ2n) is 3.51. The number of sulfonamides is 1. The van der Waals surface area contributed by atoms with Crippen LogP contribution in [0.2, 0.25) is 0 Å². The van der Waals surface area contributed by atoms with Gasteiger partial charge in [-0.2, -0.15) is 0 Å². The number of aryl methyl sites for hydroxylation is 1. The van der Waals surface area contributed by atoms with Gasteiger partial charge in [-0.3, -0.25) is 0 Å². The Morgan fingerprint density at radius 2 is 2.13 bits per heavy atom. The van der Waals surface area contributed by atoms with Crippen LogP contribution in [0.25, 0.3) is 5.65 Å². The molecule has 0 aromatic carbocycles. The molecule has 0 atom stereocenters. The highest BCUT2D eigenvalue weighted by Gasteiger charge is 2.08. The minimum Gasteiger partial charge on any atom is -0.307 e. The van der Waals surface area contributed by atoms with E-state index in [0.717, 1.165) is 11.2 Å². The summed E-state index contributed by atoms with van der Waals surface area (Å²) in [5, 5.41) is 4.94. The van der Waals surface area contributed by atoms with Crippen LogP contribution in [0.3, 0.4) is 0 Å². The lowest BCUT2D eigenvalue weighted by molar-refractivity contribution is 0.596. The predicted molar refractivity (Wildman–Crippen MR) is 56.7 cm³/mol. The molecule has 0 bridgehead atoms. The average Bonchev–Trinajstić information content (AvgIpc) is 2.42. The van der Waals surface area contributed by atoms with Crippen molar-refractivity contribution < 1.29 is 8.42 Å². The van der Waals surface area contributed by atoms with Crippen molar-refractivity contribution in [1.29, 1.82) is 0 Å². The molecule has 2 aromatic heterocycles. The topological polar surface area (TPSA) is 77.5 Å². The molecule has 80 valence electrons. The third-order valence-corrected chi connectivity index (χ3v) is 2.70. The van der Waals surface area contributed by atoms with Gasteiger partial charge in [0.25, 0.3) is 0 Å². The Hall–Kier alpha value is -1.40. The quantitative estimate of drug-likeness (QED) is 0.805. The lowest BCUT2D eigenvalue weighted by atomic mass is 10.3. The van der Waals surface area contributed by atoms with Crippen LogP contribution in [-0.2, 0) is 15.8 Å². The third kappa shape index (κ3) is 2.34. The van der Waals surface area contributed by atoms with Gasteiger partial charge in [0.15, 0.2) is 0 Å². The van der Waals surface area contributed by atoms with Crippen LogP contribution in [-0.4, -0.2) is 17.8 Å². The molecule has 0 aliphatic heterocycles. The molecule has 2 aromatic rings. The molecular weight excluding hydrogens is 214 g/mol. The fourth-order valence-electron chi connectivity index (χ4n) is 1.43. The van der Waals surface area contributed by atoms with Gasteiger partial charge in [0.05, 0.1) is 5.69 Å². The molecule has 0 amide bonds. The highest BCUT2D eigenvalue weighted by molar-refractivity contribution is 7.88. The Balaban J connectivity index is 2.48. The minimum atomic E-state index is -3.51. The summed E-state index contributed by atoms with van der Waals surface area (Å²) in [5.74, 6) is -0.228. The fourth-order valence-corrected chi connectivity index (χ4v) is 1.98. The molecule has 0 fully saturated rings. The number of hydrogen-bond acceptors (Lipinski definition) is 3. The standard InChI is InChI=1S/C9H11N3O2S/c1-7-2-3-9-11-8(5-12(9)4-7)6-15(10,13)14/h2-5H,6H2,1H3,(H2,10,13,14). The van der Waals surface area contributed by atoms with Crippen LogP contribution in [0.1, 0.15) is 11.3 Å². The van der Waals surface area contributed by atoms with Gasteiger partial charge in [0.2, 0.25) is 10.0 Å². The fraction of sp³-hybridized carbons (Fsp3) is 0.222. The summed E-state index contributed by atoms with van der Waals surface area (Å²) < 4.78 is 23.5. The van der Waals surface area contributed by atoms with Gasteiger partial charge in [-0.05, 0) is 18.6 Å². The predicted octanol–water partition coefficient (Wildman–Crippen LogP) is 0.431. The number of aromatic nitrogens is 2. The maximum absolute atomic E-state index is 10.9. The van der Waals surface area contributed by atoms with E-state index in [2.05, 4.69) is 4.98 Å². The lowest BCUT2D eigenvalue weighted by Gasteiger charge is -1.93. The number of imidazole rings is 1. The molecule has 15 heavy (non-hydrogen) atoms. The van der Waals surface area contributed by atoms with Crippen molar-refractivity contribution in [1.82, 2.24) is 9.38 Å². The highest BCUT2D eigenvalue weighted by Crippen LogP contribution is 2.08. The van der Waals surface area contributed by atoms with Crippen LogP contribution in [0.15, 0.2) is 24.5 Å². The Morgan fingerprint density at radius 3 is 2.80 bits per heavy atom. The van der Waals surface area contributed by atoms with E-state index in [1.54, 1.807) is 10.6 Å². The maximum atomic E-state index is 10.9. The van der Waals surface area contributed by atoms with Crippen molar-refractivity contribution >= 4 is 15.7 Å². The first-order valence-electron chi connectivity index (χ1n) is 4.39. The largest absolute Gasteiger partial charge is 0.307 e. The molecule has 0 unspecified atom stereocenters. The van der Waals surface area contributed by atoms with Crippen molar-refractivity contribution in [3.8, 4) is 0 Å². The molecule has 0 saturated heterocycles. The molecule has 2 rings (SSSR count). The monoisotopic (exact) mass is 225 g/mol. The van der Waals surface area contributed by atoms with Crippen LogP contribution in [0.4, 0.5) is 0 Å². The number of nitrogens with zero attached hydrogens (tertiary/aromatic N) is 2. The van der Waals surface area contributed by atoms with Crippen molar-refractivity contribution in [2.24, 2.45) is 5.14 Å². The number of primary sulfonamides is 1. The molecule has 0 aliphatic carbocycles. The molecular formula is C9H11N3O2S.